The fourth-order valence-corrected chi connectivity index (χ4v) is 3.66. The molecule has 2 aromatic carbocycles. The number of nitrogens with zero attached hydrogens (tertiary/aromatic N) is 2. The summed E-state index contributed by atoms with van der Waals surface area (Å²) >= 11 is 0. The third-order valence-corrected chi connectivity index (χ3v) is 4.84. The normalized spacial score (nSPS) is 18.5. The van der Waals surface area contributed by atoms with E-state index in [1.165, 1.54) is 12.1 Å². The summed E-state index contributed by atoms with van der Waals surface area (Å²) in [5.41, 5.74) is 3.03. The average Bonchev–Trinajstić information content (AvgIpc) is 2.79. The summed E-state index contributed by atoms with van der Waals surface area (Å²) in [5, 5.41) is 3.33. The molecule has 1 amide bonds. The lowest BCUT2D eigenvalue weighted by Gasteiger charge is -2.34. The second-order valence-corrected chi connectivity index (χ2v) is 6.44. The van der Waals surface area contributed by atoms with Crippen LogP contribution >= 0.6 is 0 Å². The van der Waals surface area contributed by atoms with Gasteiger partial charge in [-0.1, -0.05) is 30.3 Å². The first-order valence-corrected chi connectivity index (χ1v) is 8.66. The van der Waals surface area contributed by atoms with Gasteiger partial charge in [0.1, 0.15) is 12.4 Å². The average molecular weight is 337 g/mol. The number of hydrogen-bond acceptors (Lipinski definition) is 3. The summed E-state index contributed by atoms with van der Waals surface area (Å²) < 4.78 is 14.0. The van der Waals surface area contributed by atoms with E-state index in [9.17, 15) is 9.18 Å². The molecule has 128 valence electrons. The van der Waals surface area contributed by atoms with Crippen LogP contribution in [0, 0.1) is 5.82 Å². The molecule has 0 unspecified atom stereocenters. The highest BCUT2D eigenvalue weighted by atomic mass is 19.1. The number of aliphatic imine (C=N–C) groups is 1. The maximum absolute atomic E-state index is 14.0. The van der Waals surface area contributed by atoms with Gasteiger partial charge in [0.2, 0.25) is 5.91 Å². The number of fused-ring (bicyclic) bond motifs is 1. The number of anilines is 1. The van der Waals surface area contributed by atoms with E-state index in [1.807, 2.05) is 35.2 Å². The van der Waals surface area contributed by atoms with Crippen LogP contribution < -0.4 is 10.2 Å². The molecule has 0 radical (unpaired) electrons. The van der Waals surface area contributed by atoms with Gasteiger partial charge >= 0.3 is 0 Å². The highest BCUT2D eigenvalue weighted by Crippen LogP contribution is 2.31. The molecular weight excluding hydrogens is 317 g/mol. The van der Waals surface area contributed by atoms with Crippen molar-refractivity contribution >= 4 is 17.3 Å². The molecule has 1 N–H and O–H groups in total. The van der Waals surface area contributed by atoms with E-state index in [0.717, 1.165) is 37.2 Å². The molecule has 1 fully saturated rings. The van der Waals surface area contributed by atoms with Crippen molar-refractivity contribution in [2.24, 2.45) is 4.99 Å². The zero-order valence-corrected chi connectivity index (χ0v) is 13.9. The lowest BCUT2D eigenvalue weighted by Crippen LogP contribution is -2.47. The lowest BCUT2D eigenvalue weighted by molar-refractivity contribution is -0.117. The zero-order chi connectivity index (χ0) is 17.2. The number of halogens is 1. The van der Waals surface area contributed by atoms with Gasteiger partial charge in [-0.15, -0.1) is 0 Å². The Morgan fingerprint density at radius 1 is 1.08 bits per heavy atom. The van der Waals surface area contributed by atoms with Crippen molar-refractivity contribution in [1.29, 1.82) is 0 Å². The third-order valence-electron chi connectivity index (χ3n) is 4.84. The molecule has 0 atom stereocenters. The minimum atomic E-state index is -0.318. The van der Waals surface area contributed by atoms with E-state index in [-0.39, 0.29) is 24.3 Å². The number of rotatable bonds is 2. The third kappa shape index (κ3) is 3.07. The van der Waals surface area contributed by atoms with Gasteiger partial charge in [-0.3, -0.25) is 9.79 Å². The van der Waals surface area contributed by atoms with Crippen molar-refractivity contribution in [3.63, 3.8) is 0 Å². The topological polar surface area (TPSA) is 44.7 Å². The van der Waals surface area contributed by atoms with Crippen LogP contribution in [0.25, 0.3) is 0 Å². The quantitative estimate of drug-likeness (QED) is 0.916. The fourth-order valence-electron chi connectivity index (χ4n) is 3.66. The predicted molar refractivity (Wildman–Crippen MR) is 96.7 cm³/mol. The Labute approximate surface area is 146 Å². The Bertz CT molecular complexity index is 813. The SMILES string of the molecule is O=C1CN=C(c2ccccc2)c2cc(F)ccc2N1C1CCNCC1. The van der Waals surface area contributed by atoms with Gasteiger partial charge < -0.3 is 10.2 Å². The standard InChI is InChI=1S/C20H20FN3O/c21-15-6-7-18-17(12-15)20(14-4-2-1-3-5-14)23-13-19(25)24(18)16-8-10-22-11-9-16/h1-7,12,16,22H,8-11,13H2. The van der Waals surface area contributed by atoms with E-state index in [2.05, 4.69) is 10.3 Å². The van der Waals surface area contributed by atoms with Gasteiger partial charge in [0.15, 0.2) is 0 Å². The maximum atomic E-state index is 14.0. The van der Waals surface area contributed by atoms with Gasteiger partial charge in [0.25, 0.3) is 0 Å². The first-order chi connectivity index (χ1) is 12.2. The van der Waals surface area contributed by atoms with Crippen molar-refractivity contribution < 1.29 is 9.18 Å². The number of hydrogen-bond donors (Lipinski definition) is 1. The van der Waals surface area contributed by atoms with Crippen LogP contribution in [0.2, 0.25) is 0 Å². The summed E-state index contributed by atoms with van der Waals surface area (Å²) in [5.74, 6) is -0.340. The second-order valence-electron chi connectivity index (χ2n) is 6.44. The molecule has 2 aliphatic rings. The predicted octanol–water partition coefficient (Wildman–Crippen LogP) is 2.76. The van der Waals surface area contributed by atoms with Crippen LogP contribution in [-0.4, -0.2) is 37.3 Å². The number of carbonyl (C=O) groups excluding carboxylic acids is 1. The molecule has 2 aromatic rings. The van der Waals surface area contributed by atoms with Crippen LogP contribution in [0.15, 0.2) is 53.5 Å². The first kappa shape index (κ1) is 16.0. The van der Waals surface area contributed by atoms with Crippen molar-refractivity contribution in [3.8, 4) is 0 Å². The fraction of sp³-hybridized carbons (Fsp3) is 0.300. The maximum Gasteiger partial charge on any atom is 0.248 e. The number of piperidine rings is 1. The molecule has 2 heterocycles. The number of benzene rings is 2. The zero-order valence-electron chi connectivity index (χ0n) is 13.9. The molecule has 1 saturated heterocycles. The Balaban J connectivity index is 1.84. The summed E-state index contributed by atoms with van der Waals surface area (Å²) in [6.45, 7) is 1.86. The monoisotopic (exact) mass is 337 g/mol. The molecular formula is C20H20FN3O. The summed E-state index contributed by atoms with van der Waals surface area (Å²) in [6, 6.07) is 14.4. The van der Waals surface area contributed by atoms with Crippen molar-refractivity contribution in [2.75, 3.05) is 24.5 Å². The second kappa shape index (κ2) is 6.76. The van der Waals surface area contributed by atoms with Gasteiger partial charge in [0, 0.05) is 17.2 Å². The van der Waals surface area contributed by atoms with Gasteiger partial charge in [-0.2, -0.15) is 0 Å². The van der Waals surface area contributed by atoms with Gasteiger partial charge in [0.05, 0.1) is 11.4 Å². The Morgan fingerprint density at radius 3 is 2.60 bits per heavy atom. The van der Waals surface area contributed by atoms with E-state index in [0.29, 0.717) is 11.3 Å². The molecule has 0 aromatic heterocycles. The molecule has 0 aliphatic carbocycles. The van der Waals surface area contributed by atoms with Crippen LogP contribution in [0.5, 0.6) is 0 Å². The first-order valence-electron chi connectivity index (χ1n) is 8.66. The van der Waals surface area contributed by atoms with E-state index < -0.39 is 0 Å². The highest BCUT2D eigenvalue weighted by molar-refractivity contribution is 6.19. The minimum absolute atomic E-state index is 0.0225. The molecule has 0 bridgehead atoms. The van der Waals surface area contributed by atoms with E-state index >= 15 is 0 Å². The van der Waals surface area contributed by atoms with E-state index in [4.69, 9.17) is 0 Å². The highest BCUT2D eigenvalue weighted by Gasteiger charge is 2.31. The van der Waals surface area contributed by atoms with Crippen LogP contribution in [0.3, 0.4) is 0 Å². The van der Waals surface area contributed by atoms with Crippen molar-refractivity contribution in [1.82, 2.24) is 5.32 Å². The minimum Gasteiger partial charge on any atom is -0.317 e. The van der Waals surface area contributed by atoms with Crippen molar-refractivity contribution in [2.45, 2.75) is 18.9 Å². The summed E-state index contributed by atoms with van der Waals surface area (Å²) in [7, 11) is 0. The van der Waals surface area contributed by atoms with Gasteiger partial charge in [-0.25, -0.2) is 4.39 Å². The molecule has 5 heteroatoms. The molecule has 0 spiro atoms. The van der Waals surface area contributed by atoms with Crippen LogP contribution in [0.4, 0.5) is 10.1 Å². The molecule has 0 saturated carbocycles. The molecule has 4 nitrogen and oxygen atoms in total. The smallest absolute Gasteiger partial charge is 0.248 e. The number of carbonyl (C=O) groups is 1. The van der Waals surface area contributed by atoms with Crippen molar-refractivity contribution in [3.05, 3.63) is 65.5 Å². The largest absolute Gasteiger partial charge is 0.317 e. The number of benzodiazepines with no additional fused rings is 1. The lowest BCUT2D eigenvalue weighted by atomic mass is 9.98. The molecule has 2 aliphatic heterocycles. The van der Waals surface area contributed by atoms with Crippen LogP contribution in [-0.2, 0) is 4.79 Å². The number of amides is 1. The number of nitrogens with one attached hydrogen (secondary N) is 1. The molecule has 4 rings (SSSR count). The van der Waals surface area contributed by atoms with E-state index in [1.54, 1.807) is 6.07 Å². The molecule has 25 heavy (non-hydrogen) atoms. The van der Waals surface area contributed by atoms with Crippen LogP contribution in [0.1, 0.15) is 24.0 Å². The Morgan fingerprint density at radius 2 is 1.84 bits per heavy atom. The Hall–Kier alpha value is -2.53. The summed E-state index contributed by atoms with van der Waals surface area (Å²) in [4.78, 5) is 19.2. The van der Waals surface area contributed by atoms with Gasteiger partial charge in [-0.05, 0) is 44.1 Å². The Kier molecular flexibility index (Phi) is 4.32. The summed E-state index contributed by atoms with van der Waals surface area (Å²) in [6.07, 6.45) is 1.78.